The van der Waals surface area contributed by atoms with E-state index in [4.69, 9.17) is 0 Å². The molecule has 3 rings (SSSR count). The maximum Gasteiger partial charge on any atom is 0.187 e. The molecule has 1 aliphatic rings. The minimum atomic E-state index is -0.373. The molecule has 2 aromatic heterocycles. The van der Waals surface area contributed by atoms with Gasteiger partial charge in [-0.25, -0.2) is 28.7 Å². The molecule has 0 unspecified atom stereocenters. The van der Waals surface area contributed by atoms with Crippen molar-refractivity contribution in [1.82, 2.24) is 19.9 Å². The van der Waals surface area contributed by atoms with Crippen molar-refractivity contribution in [1.29, 1.82) is 0 Å². The van der Waals surface area contributed by atoms with E-state index in [1.165, 1.54) is 12.7 Å². The molecule has 0 radical (unpaired) electrons. The summed E-state index contributed by atoms with van der Waals surface area (Å²) < 4.78 is 28.6. The Hall–Kier alpha value is -2.38. The standard InChI is InChI=1S/C18H24F2N6/c1-4-14-16(20)18(24-11-22-14)26-7-5-13(6-8-26)9-25(3)17-15(19)12(2)21-10-23-17/h10-11,13H,4-9H2,1-3H3. The van der Waals surface area contributed by atoms with Crippen LogP contribution in [0.5, 0.6) is 0 Å². The molecule has 6 nitrogen and oxygen atoms in total. The zero-order valence-corrected chi connectivity index (χ0v) is 15.4. The van der Waals surface area contributed by atoms with E-state index in [0.29, 0.717) is 41.9 Å². The number of nitrogens with zero attached hydrogens (tertiary/aromatic N) is 6. The third-order valence-electron chi connectivity index (χ3n) is 4.93. The van der Waals surface area contributed by atoms with Crippen molar-refractivity contribution in [2.75, 3.05) is 36.5 Å². The van der Waals surface area contributed by atoms with Crippen LogP contribution in [0.4, 0.5) is 20.4 Å². The molecule has 0 atom stereocenters. The highest BCUT2D eigenvalue weighted by molar-refractivity contribution is 5.42. The van der Waals surface area contributed by atoms with E-state index in [1.807, 2.05) is 23.8 Å². The van der Waals surface area contributed by atoms with Crippen LogP contribution in [0, 0.1) is 24.5 Å². The Labute approximate surface area is 152 Å². The molecule has 3 heterocycles. The first-order chi connectivity index (χ1) is 12.5. The fourth-order valence-corrected chi connectivity index (χ4v) is 3.38. The van der Waals surface area contributed by atoms with Crippen molar-refractivity contribution in [2.24, 2.45) is 5.92 Å². The van der Waals surface area contributed by atoms with Crippen LogP contribution in [0.15, 0.2) is 12.7 Å². The van der Waals surface area contributed by atoms with Gasteiger partial charge in [-0.3, -0.25) is 0 Å². The second-order valence-electron chi connectivity index (χ2n) is 6.72. The van der Waals surface area contributed by atoms with Crippen LogP contribution < -0.4 is 9.80 Å². The number of halogens is 2. The quantitative estimate of drug-likeness (QED) is 0.815. The fraction of sp³-hybridized carbons (Fsp3) is 0.556. The summed E-state index contributed by atoms with van der Waals surface area (Å²) in [4.78, 5) is 19.9. The topological polar surface area (TPSA) is 58.0 Å². The number of anilines is 2. The second kappa shape index (κ2) is 7.88. The lowest BCUT2D eigenvalue weighted by Crippen LogP contribution is -2.39. The van der Waals surface area contributed by atoms with Crippen molar-refractivity contribution >= 4 is 11.6 Å². The summed E-state index contributed by atoms with van der Waals surface area (Å²) in [6, 6.07) is 0. The molecule has 140 valence electrons. The van der Waals surface area contributed by atoms with Gasteiger partial charge in [0, 0.05) is 26.7 Å². The van der Waals surface area contributed by atoms with Gasteiger partial charge in [0.05, 0.1) is 11.4 Å². The van der Waals surface area contributed by atoms with E-state index in [2.05, 4.69) is 19.9 Å². The number of hydrogen-bond donors (Lipinski definition) is 0. The van der Waals surface area contributed by atoms with Crippen LogP contribution in [-0.2, 0) is 6.42 Å². The van der Waals surface area contributed by atoms with Crippen molar-refractivity contribution in [3.05, 3.63) is 35.7 Å². The van der Waals surface area contributed by atoms with Crippen LogP contribution in [0.1, 0.15) is 31.2 Å². The molecule has 0 aromatic carbocycles. The summed E-state index contributed by atoms with van der Waals surface area (Å²) in [7, 11) is 1.84. The summed E-state index contributed by atoms with van der Waals surface area (Å²) in [6.07, 6.45) is 5.14. The maximum atomic E-state index is 14.4. The van der Waals surface area contributed by atoms with E-state index in [-0.39, 0.29) is 11.6 Å². The minimum Gasteiger partial charge on any atom is -0.357 e. The van der Waals surface area contributed by atoms with E-state index in [0.717, 1.165) is 25.9 Å². The molecule has 26 heavy (non-hydrogen) atoms. The SMILES string of the molecule is CCc1ncnc(N2CCC(CN(C)c3ncnc(C)c3F)CC2)c1F. The number of hydrogen-bond acceptors (Lipinski definition) is 6. The van der Waals surface area contributed by atoms with Gasteiger partial charge in [-0.15, -0.1) is 0 Å². The van der Waals surface area contributed by atoms with Crippen LogP contribution >= 0.6 is 0 Å². The van der Waals surface area contributed by atoms with Gasteiger partial charge in [-0.2, -0.15) is 0 Å². The molecule has 0 saturated carbocycles. The Morgan fingerprint density at radius 2 is 1.77 bits per heavy atom. The average Bonchev–Trinajstić information content (AvgIpc) is 2.65. The zero-order chi connectivity index (χ0) is 18.7. The fourth-order valence-electron chi connectivity index (χ4n) is 3.38. The van der Waals surface area contributed by atoms with Crippen LogP contribution in [-0.4, -0.2) is 46.6 Å². The predicted molar refractivity (Wildman–Crippen MR) is 96.3 cm³/mol. The lowest BCUT2D eigenvalue weighted by atomic mass is 9.96. The Morgan fingerprint density at radius 3 is 2.46 bits per heavy atom. The van der Waals surface area contributed by atoms with Crippen LogP contribution in [0.3, 0.4) is 0 Å². The normalized spacial score (nSPS) is 15.3. The molecule has 1 fully saturated rings. The monoisotopic (exact) mass is 362 g/mol. The Balaban J connectivity index is 1.61. The first kappa shape index (κ1) is 18.4. The number of piperidine rings is 1. The first-order valence-electron chi connectivity index (χ1n) is 8.93. The van der Waals surface area contributed by atoms with Gasteiger partial charge in [0.2, 0.25) is 0 Å². The molecule has 0 N–H and O–H groups in total. The third kappa shape index (κ3) is 3.73. The highest BCUT2D eigenvalue weighted by atomic mass is 19.1. The van der Waals surface area contributed by atoms with E-state index >= 15 is 0 Å². The molecule has 0 aliphatic carbocycles. The Morgan fingerprint density at radius 1 is 1.08 bits per heavy atom. The van der Waals surface area contributed by atoms with E-state index in [1.54, 1.807) is 6.92 Å². The predicted octanol–water partition coefficient (Wildman–Crippen LogP) is 2.77. The molecule has 0 bridgehead atoms. The molecular formula is C18H24F2N6. The maximum absolute atomic E-state index is 14.4. The van der Waals surface area contributed by atoms with E-state index < -0.39 is 0 Å². The summed E-state index contributed by atoms with van der Waals surface area (Å²) >= 11 is 0. The molecule has 2 aromatic rings. The van der Waals surface area contributed by atoms with Gasteiger partial charge < -0.3 is 9.80 Å². The first-order valence-corrected chi connectivity index (χ1v) is 8.93. The summed E-state index contributed by atoms with van der Waals surface area (Å²) in [6.45, 7) is 5.66. The third-order valence-corrected chi connectivity index (χ3v) is 4.93. The van der Waals surface area contributed by atoms with Crippen LogP contribution in [0.25, 0.3) is 0 Å². The molecular weight excluding hydrogens is 338 g/mol. The largest absolute Gasteiger partial charge is 0.357 e. The smallest absolute Gasteiger partial charge is 0.187 e. The van der Waals surface area contributed by atoms with Gasteiger partial charge in [-0.1, -0.05) is 6.92 Å². The lowest BCUT2D eigenvalue weighted by Gasteiger charge is -2.35. The lowest BCUT2D eigenvalue weighted by molar-refractivity contribution is 0.401. The van der Waals surface area contributed by atoms with Crippen LogP contribution in [0.2, 0.25) is 0 Å². The number of aromatic nitrogens is 4. The van der Waals surface area contributed by atoms with Gasteiger partial charge >= 0.3 is 0 Å². The molecule has 1 aliphatic heterocycles. The Kier molecular flexibility index (Phi) is 5.58. The van der Waals surface area contributed by atoms with Gasteiger partial charge in [0.1, 0.15) is 12.7 Å². The van der Waals surface area contributed by atoms with Gasteiger partial charge in [0.25, 0.3) is 0 Å². The number of aryl methyl sites for hydroxylation is 2. The molecule has 0 spiro atoms. The molecule has 0 amide bonds. The highest BCUT2D eigenvalue weighted by Crippen LogP contribution is 2.26. The minimum absolute atomic E-state index is 0.316. The second-order valence-corrected chi connectivity index (χ2v) is 6.72. The van der Waals surface area contributed by atoms with Crippen molar-refractivity contribution in [2.45, 2.75) is 33.1 Å². The Bertz CT molecular complexity index is 761. The van der Waals surface area contributed by atoms with Gasteiger partial charge in [-0.05, 0) is 32.1 Å². The number of rotatable bonds is 5. The average molecular weight is 362 g/mol. The molecule has 1 saturated heterocycles. The summed E-state index contributed by atoms with van der Waals surface area (Å²) in [5, 5.41) is 0. The zero-order valence-electron chi connectivity index (χ0n) is 15.4. The highest BCUT2D eigenvalue weighted by Gasteiger charge is 2.25. The molecule has 8 heteroatoms. The van der Waals surface area contributed by atoms with Crippen molar-refractivity contribution in [3.8, 4) is 0 Å². The van der Waals surface area contributed by atoms with Crippen molar-refractivity contribution < 1.29 is 8.78 Å². The summed E-state index contributed by atoms with van der Waals surface area (Å²) in [5.41, 5.74) is 0.800. The van der Waals surface area contributed by atoms with E-state index in [9.17, 15) is 8.78 Å². The summed E-state index contributed by atoms with van der Waals surface area (Å²) in [5.74, 6) is 0.420. The van der Waals surface area contributed by atoms with Gasteiger partial charge in [0.15, 0.2) is 23.3 Å². The van der Waals surface area contributed by atoms with Crippen molar-refractivity contribution in [3.63, 3.8) is 0 Å².